The van der Waals surface area contributed by atoms with Gasteiger partial charge in [0.1, 0.15) is 0 Å². The molecule has 25 heavy (non-hydrogen) atoms. The highest BCUT2D eigenvalue weighted by molar-refractivity contribution is 5.95. The molecule has 9 heteroatoms. The number of methoxy groups -OCH3 is 1. The lowest BCUT2D eigenvalue weighted by Crippen LogP contribution is -2.37. The molecule has 0 bridgehead atoms. The molecule has 2 aromatic rings. The van der Waals surface area contributed by atoms with Crippen molar-refractivity contribution in [3.8, 4) is 5.75 Å². The Balaban J connectivity index is 1.95. The van der Waals surface area contributed by atoms with E-state index in [1.165, 1.54) is 9.58 Å². The summed E-state index contributed by atoms with van der Waals surface area (Å²) in [4.78, 5) is 25.3. The van der Waals surface area contributed by atoms with Crippen LogP contribution < -0.4 is 4.74 Å². The molecule has 0 spiro atoms. The number of carbonyl (C=O) groups is 2. The van der Waals surface area contributed by atoms with Crippen molar-refractivity contribution >= 4 is 11.9 Å². The quantitative estimate of drug-likeness (QED) is 0.908. The number of carboxylic acids is 1. The van der Waals surface area contributed by atoms with Gasteiger partial charge in [0.05, 0.1) is 19.2 Å². The smallest absolute Gasteiger partial charge is 0.356 e. The van der Waals surface area contributed by atoms with Crippen LogP contribution in [0.4, 0.5) is 8.78 Å². The van der Waals surface area contributed by atoms with Crippen molar-refractivity contribution in [1.82, 2.24) is 14.7 Å². The molecule has 1 amide bonds. The number of ether oxygens (including phenoxy) is 1. The molecule has 1 aromatic carbocycles. The van der Waals surface area contributed by atoms with Crippen LogP contribution in [-0.4, -0.2) is 45.3 Å². The van der Waals surface area contributed by atoms with Crippen LogP contribution in [0.5, 0.6) is 5.75 Å². The van der Waals surface area contributed by atoms with Gasteiger partial charge in [0.25, 0.3) is 5.91 Å². The number of hydrogen-bond acceptors (Lipinski definition) is 4. The van der Waals surface area contributed by atoms with E-state index < -0.39 is 29.3 Å². The van der Waals surface area contributed by atoms with E-state index in [0.717, 1.165) is 24.9 Å². The lowest BCUT2D eigenvalue weighted by Gasteiger charge is -2.27. The Morgan fingerprint density at radius 1 is 1.32 bits per heavy atom. The van der Waals surface area contributed by atoms with Crippen LogP contribution in [0.25, 0.3) is 0 Å². The van der Waals surface area contributed by atoms with E-state index in [1.54, 1.807) is 7.05 Å². The fraction of sp³-hybridized carbons (Fsp3) is 0.312. The van der Waals surface area contributed by atoms with Gasteiger partial charge in [0.15, 0.2) is 23.1 Å². The van der Waals surface area contributed by atoms with Crippen LogP contribution in [0.3, 0.4) is 0 Å². The number of fused-ring (bicyclic) bond motifs is 1. The SMILES string of the molecule is COc1c(F)ccc(C(=O)N2CCc3c(c(C(=O)O)nn3C)C2)c1F. The largest absolute Gasteiger partial charge is 0.491 e. The summed E-state index contributed by atoms with van der Waals surface area (Å²) in [7, 11) is 2.74. The minimum atomic E-state index is -1.19. The van der Waals surface area contributed by atoms with E-state index >= 15 is 0 Å². The molecule has 7 nitrogen and oxygen atoms in total. The van der Waals surface area contributed by atoms with Gasteiger partial charge < -0.3 is 14.7 Å². The van der Waals surface area contributed by atoms with E-state index in [1.807, 2.05) is 0 Å². The Hall–Kier alpha value is -2.97. The second-order valence-corrected chi connectivity index (χ2v) is 5.62. The van der Waals surface area contributed by atoms with Gasteiger partial charge in [-0.3, -0.25) is 9.48 Å². The summed E-state index contributed by atoms with van der Waals surface area (Å²) in [5.41, 5.74) is 0.678. The first kappa shape index (κ1) is 16.9. The van der Waals surface area contributed by atoms with E-state index in [-0.39, 0.29) is 24.3 Å². The zero-order valence-electron chi connectivity index (χ0n) is 13.5. The van der Waals surface area contributed by atoms with E-state index in [0.29, 0.717) is 12.0 Å². The lowest BCUT2D eigenvalue weighted by atomic mass is 10.0. The zero-order chi connectivity index (χ0) is 18.3. The minimum absolute atomic E-state index is 0.0111. The Morgan fingerprint density at radius 2 is 2.04 bits per heavy atom. The van der Waals surface area contributed by atoms with Crippen molar-refractivity contribution in [2.24, 2.45) is 7.05 Å². The normalized spacial score (nSPS) is 13.5. The van der Waals surface area contributed by atoms with Crippen LogP contribution in [0.1, 0.15) is 32.1 Å². The molecule has 0 unspecified atom stereocenters. The van der Waals surface area contributed by atoms with Gasteiger partial charge in [-0.1, -0.05) is 0 Å². The molecular weight excluding hydrogens is 336 g/mol. The number of aromatic carboxylic acids is 1. The number of aromatic nitrogens is 2. The van der Waals surface area contributed by atoms with Crippen molar-refractivity contribution in [2.75, 3.05) is 13.7 Å². The van der Waals surface area contributed by atoms with Crippen LogP contribution in [0, 0.1) is 11.6 Å². The Bertz CT molecular complexity index is 879. The Labute approximate surface area is 141 Å². The number of rotatable bonds is 3. The maximum atomic E-state index is 14.3. The first-order chi connectivity index (χ1) is 11.8. The molecule has 0 aliphatic carbocycles. The predicted octanol–water partition coefficient (Wildman–Crippen LogP) is 1.60. The van der Waals surface area contributed by atoms with E-state index in [4.69, 9.17) is 0 Å². The third kappa shape index (κ3) is 2.71. The molecule has 2 heterocycles. The number of amides is 1. The second kappa shape index (κ2) is 6.15. The standard InChI is InChI=1S/C16H15F2N3O4/c1-20-11-5-6-21(7-9(11)13(19-20)16(23)24)15(22)8-3-4-10(17)14(25-2)12(8)18/h3-4H,5-7H2,1-2H3,(H,23,24). The highest BCUT2D eigenvalue weighted by Crippen LogP contribution is 2.28. The molecule has 1 aromatic heterocycles. The zero-order valence-corrected chi connectivity index (χ0v) is 13.5. The van der Waals surface area contributed by atoms with Gasteiger partial charge in [-0.05, 0) is 12.1 Å². The first-order valence-corrected chi connectivity index (χ1v) is 7.44. The molecule has 3 rings (SSSR count). The van der Waals surface area contributed by atoms with Gasteiger partial charge in [0.2, 0.25) is 0 Å². The van der Waals surface area contributed by atoms with Gasteiger partial charge in [-0.15, -0.1) is 0 Å². The van der Waals surface area contributed by atoms with E-state index in [2.05, 4.69) is 9.84 Å². The van der Waals surface area contributed by atoms with Crippen LogP contribution in [0.15, 0.2) is 12.1 Å². The Morgan fingerprint density at radius 3 is 2.68 bits per heavy atom. The van der Waals surface area contributed by atoms with Gasteiger partial charge in [-0.25, -0.2) is 13.6 Å². The molecule has 132 valence electrons. The van der Waals surface area contributed by atoms with Crippen molar-refractivity contribution in [2.45, 2.75) is 13.0 Å². The lowest BCUT2D eigenvalue weighted by molar-refractivity contribution is 0.0672. The molecule has 0 saturated heterocycles. The van der Waals surface area contributed by atoms with Gasteiger partial charge >= 0.3 is 5.97 Å². The number of benzene rings is 1. The molecular formula is C16H15F2N3O4. The Kier molecular flexibility index (Phi) is 4.15. The average Bonchev–Trinajstić information content (AvgIpc) is 2.91. The maximum Gasteiger partial charge on any atom is 0.356 e. The summed E-state index contributed by atoms with van der Waals surface area (Å²) in [5.74, 6) is -4.47. The van der Waals surface area contributed by atoms with Crippen molar-refractivity contribution < 1.29 is 28.2 Å². The minimum Gasteiger partial charge on any atom is -0.491 e. The van der Waals surface area contributed by atoms with Crippen LogP contribution >= 0.6 is 0 Å². The topological polar surface area (TPSA) is 84.7 Å². The summed E-state index contributed by atoms with van der Waals surface area (Å²) >= 11 is 0. The van der Waals surface area contributed by atoms with Crippen molar-refractivity contribution in [3.05, 3.63) is 46.3 Å². The number of nitrogens with zero attached hydrogens (tertiary/aromatic N) is 3. The van der Waals surface area contributed by atoms with Crippen molar-refractivity contribution in [3.63, 3.8) is 0 Å². The van der Waals surface area contributed by atoms with Crippen LogP contribution in [0.2, 0.25) is 0 Å². The third-order valence-electron chi connectivity index (χ3n) is 4.22. The van der Waals surface area contributed by atoms with Gasteiger partial charge in [0, 0.05) is 31.3 Å². The average molecular weight is 351 g/mol. The molecule has 0 saturated carbocycles. The monoisotopic (exact) mass is 351 g/mol. The maximum absolute atomic E-state index is 14.3. The summed E-state index contributed by atoms with van der Waals surface area (Å²) in [6.07, 6.45) is 0.387. The molecule has 0 radical (unpaired) electrons. The number of halogens is 2. The molecule has 1 aliphatic heterocycles. The number of aryl methyl sites for hydroxylation is 1. The summed E-state index contributed by atoms with van der Waals surface area (Å²) in [6.45, 7) is 0.256. The molecule has 0 fully saturated rings. The summed E-state index contributed by atoms with van der Waals surface area (Å²) in [6, 6.07) is 2.00. The first-order valence-electron chi connectivity index (χ1n) is 7.44. The molecule has 1 N–H and O–H groups in total. The van der Waals surface area contributed by atoms with E-state index in [9.17, 15) is 23.5 Å². The number of carboxylic acid groups (broad SMARTS) is 1. The molecule has 0 atom stereocenters. The summed E-state index contributed by atoms with van der Waals surface area (Å²) < 4.78 is 34.0. The summed E-state index contributed by atoms with van der Waals surface area (Å²) in [5, 5.41) is 13.2. The fourth-order valence-electron chi connectivity index (χ4n) is 2.99. The third-order valence-corrected chi connectivity index (χ3v) is 4.22. The van der Waals surface area contributed by atoms with Crippen molar-refractivity contribution in [1.29, 1.82) is 0 Å². The fourth-order valence-corrected chi connectivity index (χ4v) is 2.99. The highest BCUT2D eigenvalue weighted by atomic mass is 19.1. The molecule has 1 aliphatic rings. The number of hydrogen-bond donors (Lipinski definition) is 1. The number of carbonyl (C=O) groups excluding carboxylic acids is 1. The highest BCUT2D eigenvalue weighted by Gasteiger charge is 2.31. The second-order valence-electron chi connectivity index (χ2n) is 5.62. The van der Waals surface area contributed by atoms with Gasteiger partial charge in [-0.2, -0.15) is 5.10 Å². The predicted molar refractivity (Wildman–Crippen MR) is 81.5 cm³/mol. The van der Waals surface area contributed by atoms with Crippen LogP contribution in [-0.2, 0) is 20.0 Å².